The largest absolute Gasteiger partial charge is 0.445 e. The monoisotopic (exact) mass is 523 g/mol. The molecule has 2 aliphatic rings. The number of rotatable bonds is 7. The van der Waals surface area contributed by atoms with Crippen LogP contribution in [0.4, 0.5) is 10.5 Å². The zero-order valence-electron chi connectivity index (χ0n) is 22.1. The van der Waals surface area contributed by atoms with Gasteiger partial charge < -0.3 is 9.64 Å². The van der Waals surface area contributed by atoms with Gasteiger partial charge in [0, 0.05) is 16.5 Å². The molecule has 5 rings (SSSR count). The van der Waals surface area contributed by atoms with Gasteiger partial charge in [-0.2, -0.15) is 0 Å². The predicted molar refractivity (Wildman–Crippen MR) is 151 cm³/mol. The average Bonchev–Trinajstić information content (AvgIpc) is 3.08. The maximum Gasteiger partial charge on any atom is 0.409 e. The van der Waals surface area contributed by atoms with Crippen LogP contribution in [0.25, 0.3) is 0 Å². The Morgan fingerprint density at radius 3 is 2.28 bits per heavy atom. The Labute approximate surface area is 228 Å². The molecule has 0 radical (unpaired) electrons. The number of carbonyl (C=O) groups excluding carboxylic acids is 3. The number of anilines is 1. The fourth-order valence-corrected chi connectivity index (χ4v) is 5.33. The van der Waals surface area contributed by atoms with Crippen molar-refractivity contribution in [1.82, 2.24) is 5.32 Å². The van der Waals surface area contributed by atoms with Gasteiger partial charge in [0.1, 0.15) is 6.61 Å². The topological polar surface area (TPSA) is 88.1 Å². The average molecular weight is 524 g/mol. The molecule has 1 atom stereocenters. The van der Waals surface area contributed by atoms with Gasteiger partial charge in [0.05, 0.1) is 17.9 Å². The minimum absolute atomic E-state index is 0.0268. The van der Waals surface area contributed by atoms with E-state index in [0.29, 0.717) is 11.4 Å². The van der Waals surface area contributed by atoms with E-state index in [4.69, 9.17) is 9.73 Å². The van der Waals surface area contributed by atoms with Crippen molar-refractivity contribution in [2.45, 2.75) is 51.8 Å². The quantitative estimate of drug-likeness (QED) is 0.433. The molecule has 1 saturated carbocycles. The highest BCUT2D eigenvalue weighted by molar-refractivity contribution is 6.21. The zero-order valence-corrected chi connectivity index (χ0v) is 22.1. The fourth-order valence-electron chi connectivity index (χ4n) is 5.33. The molecule has 1 aliphatic carbocycles. The standard InChI is InChI=1S/C32H33N3O4/c1-32(19-11-4-12-20-32)27(36)21-35-26-18-10-9-17-25(26)28(24-15-7-3-8-16-24)33-29(30(35)37)34-31(38)39-22-23-13-5-2-6-14-23/h2-3,5-10,13-18,29H,4,11-12,19-22H2,1H3,(H,34,38)/t29-/m1/s1. The van der Waals surface area contributed by atoms with Gasteiger partial charge in [-0.25, -0.2) is 9.79 Å². The Kier molecular flexibility index (Phi) is 7.87. The molecular weight excluding hydrogens is 490 g/mol. The van der Waals surface area contributed by atoms with Crippen molar-refractivity contribution in [2.24, 2.45) is 10.4 Å². The number of ketones is 1. The Morgan fingerprint density at radius 2 is 1.56 bits per heavy atom. The van der Waals surface area contributed by atoms with Crippen LogP contribution in [-0.4, -0.2) is 36.2 Å². The van der Waals surface area contributed by atoms with E-state index in [1.165, 1.54) is 4.90 Å². The first kappa shape index (κ1) is 26.4. The van der Waals surface area contributed by atoms with Gasteiger partial charge in [0.15, 0.2) is 5.78 Å². The highest BCUT2D eigenvalue weighted by Crippen LogP contribution is 2.38. The third-order valence-corrected chi connectivity index (χ3v) is 7.65. The summed E-state index contributed by atoms with van der Waals surface area (Å²) < 4.78 is 5.41. The maximum atomic E-state index is 14.0. The Hall–Kier alpha value is -4.26. The van der Waals surface area contributed by atoms with Gasteiger partial charge in [0.25, 0.3) is 5.91 Å². The molecule has 1 aliphatic heterocycles. The number of ether oxygens (including phenoxy) is 1. The number of aliphatic imine (C=N–C) groups is 1. The first-order valence-corrected chi connectivity index (χ1v) is 13.5. The molecule has 0 unspecified atom stereocenters. The third kappa shape index (κ3) is 5.93. The van der Waals surface area contributed by atoms with Gasteiger partial charge in [-0.15, -0.1) is 0 Å². The number of hydrogen-bond donors (Lipinski definition) is 1. The van der Waals surface area contributed by atoms with Crippen LogP contribution in [0, 0.1) is 5.41 Å². The van der Waals surface area contributed by atoms with E-state index in [0.717, 1.165) is 48.8 Å². The fraction of sp³-hybridized carbons (Fsp3) is 0.312. The number of nitrogens with one attached hydrogen (secondary N) is 1. The summed E-state index contributed by atoms with van der Waals surface area (Å²) in [7, 11) is 0. The van der Waals surface area contributed by atoms with Crippen LogP contribution in [0.1, 0.15) is 55.7 Å². The molecule has 0 aromatic heterocycles. The molecule has 3 aromatic rings. The summed E-state index contributed by atoms with van der Waals surface area (Å²) in [6, 6.07) is 26.3. The van der Waals surface area contributed by atoms with Crippen LogP contribution in [-0.2, 0) is 20.9 Å². The maximum absolute atomic E-state index is 14.0. The molecule has 0 saturated heterocycles. The normalized spacial score (nSPS) is 18.4. The van der Waals surface area contributed by atoms with Crippen molar-refractivity contribution in [3.63, 3.8) is 0 Å². The number of nitrogens with zero attached hydrogens (tertiary/aromatic N) is 2. The number of amides is 2. The smallest absolute Gasteiger partial charge is 0.409 e. The van der Waals surface area contributed by atoms with Crippen molar-refractivity contribution in [2.75, 3.05) is 11.4 Å². The van der Waals surface area contributed by atoms with Crippen LogP contribution >= 0.6 is 0 Å². The third-order valence-electron chi connectivity index (χ3n) is 7.65. The van der Waals surface area contributed by atoms with Crippen LogP contribution in [0.5, 0.6) is 0 Å². The summed E-state index contributed by atoms with van der Waals surface area (Å²) in [6.07, 6.45) is 2.74. The lowest BCUT2D eigenvalue weighted by molar-refractivity contribution is -0.130. The van der Waals surface area contributed by atoms with E-state index < -0.39 is 23.6 Å². The molecule has 1 N–H and O–H groups in total. The Balaban J connectivity index is 1.48. The van der Waals surface area contributed by atoms with Crippen molar-refractivity contribution in [1.29, 1.82) is 0 Å². The van der Waals surface area contributed by atoms with Crippen molar-refractivity contribution in [3.8, 4) is 0 Å². The van der Waals surface area contributed by atoms with Crippen molar-refractivity contribution in [3.05, 3.63) is 102 Å². The van der Waals surface area contributed by atoms with E-state index in [-0.39, 0.29) is 18.9 Å². The van der Waals surface area contributed by atoms with E-state index in [1.807, 2.05) is 91.9 Å². The number of hydrogen-bond acceptors (Lipinski definition) is 5. The van der Waals surface area contributed by atoms with Crippen LogP contribution in [0.15, 0.2) is 89.9 Å². The van der Waals surface area contributed by atoms with Gasteiger partial charge in [-0.3, -0.25) is 14.9 Å². The Morgan fingerprint density at radius 1 is 0.923 bits per heavy atom. The first-order chi connectivity index (χ1) is 18.9. The predicted octanol–water partition coefficient (Wildman–Crippen LogP) is 5.66. The number of carbonyl (C=O) groups is 3. The number of Topliss-reactive ketones (excluding diaryl/α,β-unsaturated/α-hetero) is 1. The van der Waals surface area contributed by atoms with Gasteiger partial charge >= 0.3 is 6.09 Å². The number of alkyl carbamates (subject to hydrolysis) is 1. The summed E-state index contributed by atoms with van der Waals surface area (Å²) in [4.78, 5) is 46.7. The van der Waals surface area contributed by atoms with E-state index >= 15 is 0 Å². The van der Waals surface area contributed by atoms with E-state index in [2.05, 4.69) is 5.32 Å². The summed E-state index contributed by atoms with van der Waals surface area (Å²) >= 11 is 0. The summed E-state index contributed by atoms with van der Waals surface area (Å²) in [6.45, 7) is 1.98. The Bertz CT molecular complexity index is 1360. The van der Waals surface area contributed by atoms with Crippen LogP contribution in [0.3, 0.4) is 0 Å². The number of benzodiazepines with no additional fused rings is 1. The molecule has 0 bridgehead atoms. The second-order valence-electron chi connectivity index (χ2n) is 10.4. The number of para-hydroxylation sites is 1. The van der Waals surface area contributed by atoms with E-state index in [1.54, 1.807) is 0 Å². The summed E-state index contributed by atoms with van der Waals surface area (Å²) in [5.41, 5.74) is 3.04. The van der Waals surface area contributed by atoms with Crippen LogP contribution in [0.2, 0.25) is 0 Å². The number of fused-ring (bicyclic) bond motifs is 1. The highest BCUT2D eigenvalue weighted by atomic mass is 16.5. The molecule has 200 valence electrons. The molecule has 7 heteroatoms. The molecule has 0 spiro atoms. The van der Waals surface area contributed by atoms with Crippen molar-refractivity contribution < 1.29 is 19.1 Å². The lowest BCUT2D eigenvalue weighted by atomic mass is 9.72. The second kappa shape index (κ2) is 11.6. The first-order valence-electron chi connectivity index (χ1n) is 13.5. The highest BCUT2D eigenvalue weighted by Gasteiger charge is 2.39. The molecule has 7 nitrogen and oxygen atoms in total. The molecule has 1 heterocycles. The molecule has 39 heavy (non-hydrogen) atoms. The van der Waals surface area contributed by atoms with Crippen LogP contribution < -0.4 is 10.2 Å². The molecule has 2 amide bonds. The zero-order chi connectivity index (χ0) is 27.2. The minimum Gasteiger partial charge on any atom is -0.445 e. The summed E-state index contributed by atoms with van der Waals surface area (Å²) in [5.74, 6) is -0.447. The number of benzene rings is 3. The molecule has 1 fully saturated rings. The van der Waals surface area contributed by atoms with E-state index in [9.17, 15) is 14.4 Å². The molecule has 3 aromatic carbocycles. The lowest BCUT2D eigenvalue weighted by Crippen LogP contribution is -2.50. The van der Waals surface area contributed by atoms with Gasteiger partial charge in [0.2, 0.25) is 6.17 Å². The van der Waals surface area contributed by atoms with Gasteiger partial charge in [-0.1, -0.05) is 105 Å². The second-order valence-corrected chi connectivity index (χ2v) is 10.4. The SMILES string of the molecule is CC1(C(=O)CN2C(=O)[C@@H](NC(=O)OCc3ccccc3)N=C(c3ccccc3)c3ccccc32)CCCCC1. The lowest BCUT2D eigenvalue weighted by Gasteiger charge is -2.34. The summed E-state index contributed by atoms with van der Waals surface area (Å²) in [5, 5.41) is 2.65. The molecular formula is C32H33N3O4. The minimum atomic E-state index is -1.26. The van der Waals surface area contributed by atoms with Gasteiger partial charge in [-0.05, 0) is 24.5 Å². The van der Waals surface area contributed by atoms with Crippen molar-refractivity contribution >= 4 is 29.2 Å².